The highest BCUT2D eigenvalue weighted by atomic mass is 16.5. The van der Waals surface area contributed by atoms with E-state index in [2.05, 4.69) is 33.0 Å². The molecule has 3 amide bonds. The first kappa shape index (κ1) is 83.7. The Kier molecular flexibility index (Phi) is 26.6. The average molecular weight is 1270 g/mol. The van der Waals surface area contributed by atoms with Crippen molar-refractivity contribution in [2.45, 2.75) is 361 Å². The number of rotatable bonds is 4. The van der Waals surface area contributed by atoms with Crippen molar-refractivity contribution in [3.63, 3.8) is 0 Å². The Morgan fingerprint density at radius 2 is 0.753 bits per heavy atom. The molecule has 2 atom stereocenters. The number of aliphatic hydroxyl groups is 1. The summed E-state index contributed by atoms with van der Waals surface area (Å²) in [6.07, 6.45) is 9.57. The number of nitrogens with two attached hydrogens (primary N) is 2. The second-order valence-electron chi connectivity index (χ2n) is 34.6. The van der Waals surface area contributed by atoms with Gasteiger partial charge in [0.15, 0.2) is 0 Å². The molecule has 14 N–H and O–H groups in total. The maximum Gasteiger partial charge on any atom is 0.308 e. The van der Waals surface area contributed by atoms with Crippen LogP contribution in [0.3, 0.4) is 0 Å². The lowest BCUT2D eigenvalue weighted by atomic mass is 9.79. The van der Waals surface area contributed by atoms with E-state index in [1.807, 2.05) is 138 Å². The second kappa shape index (κ2) is 28.3. The van der Waals surface area contributed by atoms with Gasteiger partial charge in [-0.05, 0) is 252 Å². The Labute approximate surface area is 535 Å². The van der Waals surface area contributed by atoms with Crippen molar-refractivity contribution in [1.82, 2.24) is 40.8 Å². The lowest BCUT2D eigenvalue weighted by molar-refractivity contribution is -0.257. The van der Waals surface area contributed by atoms with Crippen LogP contribution in [0.25, 0.3) is 0 Å². The van der Waals surface area contributed by atoms with Gasteiger partial charge in [0, 0.05) is 86.8 Å². The third-order valence-corrected chi connectivity index (χ3v) is 19.3. The van der Waals surface area contributed by atoms with E-state index in [-0.39, 0.29) is 74.4 Å². The molecular weight excluding hydrogens is 1140 g/mol. The highest BCUT2D eigenvalue weighted by molar-refractivity contribution is 5.95. The van der Waals surface area contributed by atoms with Gasteiger partial charge in [-0.15, -0.1) is 0 Å². The fourth-order valence-corrected chi connectivity index (χ4v) is 15.0. The number of hydrogen-bond acceptors (Lipinski definition) is 20. The van der Waals surface area contributed by atoms with E-state index in [4.69, 9.17) is 16.6 Å². The third kappa shape index (κ3) is 20.6. The summed E-state index contributed by atoms with van der Waals surface area (Å²) >= 11 is 0. The van der Waals surface area contributed by atoms with Gasteiger partial charge in [0.1, 0.15) is 5.78 Å². The molecule has 6 fully saturated rings. The molecule has 7 aliphatic heterocycles. The maximum absolute atomic E-state index is 11.3. The molecule has 522 valence electrons. The zero-order chi connectivity index (χ0) is 71.0. The number of aliphatic hydroxyl groups excluding tert-OH is 1. The third-order valence-electron chi connectivity index (χ3n) is 19.3. The first-order valence-corrected chi connectivity index (χ1v) is 31.6. The van der Waals surface area contributed by atoms with Crippen LogP contribution in [0, 0.1) is 11.8 Å². The van der Waals surface area contributed by atoms with E-state index in [0.29, 0.717) is 44.1 Å². The molecule has 24 heteroatoms. The zero-order valence-electron chi connectivity index (χ0n) is 60.5. The Hall–Kier alpha value is -3.31. The van der Waals surface area contributed by atoms with Crippen molar-refractivity contribution in [3.8, 4) is 0 Å². The molecule has 0 radical (unpaired) electrons. The van der Waals surface area contributed by atoms with Crippen LogP contribution in [-0.2, 0) is 24.0 Å². The minimum Gasteiger partial charge on any atom is -0.481 e. The van der Waals surface area contributed by atoms with Crippen LogP contribution in [0.2, 0.25) is 0 Å². The van der Waals surface area contributed by atoms with Crippen LogP contribution >= 0.6 is 0 Å². The highest BCUT2D eigenvalue weighted by Crippen LogP contribution is 2.46. The van der Waals surface area contributed by atoms with Crippen LogP contribution in [-0.4, -0.2) is 201 Å². The van der Waals surface area contributed by atoms with Crippen LogP contribution in [0.4, 0.5) is 0 Å². The van der Waals surface area contributed by atoms with Crippen LogP contribution in [0.1, 0.15) is 271 Å². The number of amides is 3. The predicted molar refractivity (Wildman–Crippen MR) is 343 cm³/mol. The molecule has 0 bridgehead atoms. The molecule has 0 aromatic rings. The molecule has 0 aromatic carbocycles. The number of nitrogens with one attached hydrogen (secondary N) is 1. The van der Waals surface area contributed by atoms with E-state index in [9.17, 15) is 65.5 Å². The topological polar surface area (TPSA) is 354 Å². The molecule has 0 spiro atoms. The molecule has 0 saturated carbocycles. The second-order valence-corrected chi connectivity index (χ2v) is 34.6. The van der Waals surface area contributed by atoms with Gasteiger partial charge >= 0.3 is 5.97 Å². The van der Waals surface area contributed by atoms with E-state index in [1.54, 1.807) is 33.8 Å². The SMILES string of the molecule is CC(=O)NC1CC(C)(C)N(O)C(C)(C)C1.CC1(C)C=C(C(N)=O)C(C)(C)N1O.CC1(C)CC(=O)CC(C)(C)N1O.CC1(C)CC(C(=O)O)C(C)(C)N1O.CC1(C)CC(C(N)=O)C(C)(C)N1O.CC1(C)CC(O)CC(C)(C)N1O.CC1(C)CCCC(C)(C)N1O. The number of hydrogen-bond donors (Lipinski definition) is 12. The van der Waals surface area contributed by atoms with Gasteiger partial charge in [0.25, 0.3) is 0 Å². The van der Waals surface area contributed by atoms with Crippen LogP contribution in [0.15, 0.2) is 11.6 Å². The fraction of sp³-hybridized carbons (Fsp3) is 0.892. The number of primary amides is 2. The molecular formula is C65H128N10O14. The lowest BCUT2D eigenvalue weighted by Crippen LogP contribution is -2.62. The smallest absolute Gasteiger partial charge is 0.308 e. The summed E-state index contributed by atoms with van der Waals surface area (Å²) in [4.78, 5) is 55.4. The van der Waals surface area contributed by atoms with E-state index in [1.165, 1.54) is 43.7 Å². The summed E-state index contributed by atoms with van der Waals surface area (Å²) < 4.78 is 0. The van der Waals surface area contributed by atoms with Gasteiger partial charge in [-0.25, -0.2) is 0 Å². The summed E-state index contributed by atoms with van der Waals surface area (Å²) in [5.41, 5.74) is 5.50. The number of carbonyl (C=O) groups is 5. The summed E-state index contributed by atoms with van der Waals surface area (Å²) in [6.45, 7) is 55.0. The van der Waals surface area contributed by atoms with Gasteiger partial charge in [0.2, 0.25) is 17.7 Å². The molecule has 6 saturated heterocycles. The molecule has 7 heterocycles. The minimum absolute atomic E-state index is 0.00186. The Bertz CT molecular complexity index is 2360. The molecule has 7 rings (SSSR count). The molecule has 2 unspecified atom stereocenters. The monoisotopic (exact) mass is 1270 g/mol. The highest BCUT2D eigenvalue weighted by Gasteiger charge is 2.56. The van der Waals surface area contributed by atoms with E-state index < -0.39 is 56.6 Å². The normalized spacial score (nSPS) is 29.3. The molecule has 24 nitrogen and oxygen atoms in total. The van der Waals surface area contributed by atoms with Gasteiger partial charge in [-0.2, -0.15) is 35.4 Å². The first-order valence-electron chi connectivity index (χ1n) is 31.6. The summed E-state index contributed by atoms with van der Waals surface area (Å²) in [5, 5.41) is 99.4. The van der Waals surface area contributed by atoms with Crippen molar-refractivity contribution in [3.05, 3.63) is 11.6 Å². The van der Waals surface area contributed by atoms with Gasteiger partial charge in [-0.1, -0.05) is 6.08 Å². The predicted octanol–water partition coefficient (Wildman–Crippen LogP) is 9.68. The van der Waals surface area contributed by atoms with Crippen molar-refractivity contribution in [2.24, 2.45) is 23.3 Å². The zero-order valence-corrected chi connectivity index (χ0v) is 60.5. The number of carboxylic acids is 1. The number of carboxylic acid groups (broad SMARTS) is 1. The number of ketones is 1. The standard InChI is InChI=1S/C11H22N2O2.C9H18N2O2.C9H16N2O2.C9H17NO3.C9H19NO2.C9H17NO2.C9H19NO/c1-8(14)12-9-6-10(2,3)13(15)11(4,5)7-9;2*1-8(2)5-6(7(10)12)9(3,4)11(8)13;1-8(2)5-6(7(11)12)9(3,4)10(8)13;2*1-8(2)5-7(11)6-9(3,4)10(8)12;1-8(2)6-5-7-9(3,4)10(8)11/h9,15H,6-7H2,1-5H3,(H,12,14);6,13H,5H2,1-4H3,(H2,10,12);5,13H,1-4H3,(H2,10,12);6,13H,5H2,1-4H3,(H,11,12);7,11-12H,5-6H2,1-4H3;12H,5-6H2,1-4H3;11H,5-7H2,1-4H3. The van der Waals surface area contributed by atoms with Crippen LogP contribution in [0.5, 0.6) is 0 Å². The summed E-state index contributed by atoms with van der Waals surface area (Å²) in [7, 11) is 0. The van der Waals surface area contributed by atoms with E-state index >= 15 is 0 Å². The van der Waals surface area contributed by atoms with Crippen molar-refractivity contribution in [1.29, 1.82) is 0 Å². The van der Waals surface area contributed by atoms with Crippen molar-refractivity contribution < 1.29 is 70.6 Å². The van der Waals surface area contributed by atoms with E-state index in [0.717, 1.165) is 30.7 Å². The fourth-order valence-electron chi connectivity index (χ4n) is 15.0. The molecule has 7 aliphatic rings. The minimum atomic E-state index is -0.838. The Balaban J connectivity index is 0.000000520. The van der Waals surface area contributed by atoms with Crippen molar-refractivity contribution in [2.75, 3.05) is 0 Å². The maximum atomic E-state index is 11.3. The van der Waals surface area contributed by atoms with Gasteiger partial charge < -0.3 is 63.4 Å². The number of aliphatic carboxylic acids is 1. The Morgan fingerprint density at radius 3 is 0.978 bits per heavy atom. The molecule has 89 heavy (non-hydrogen) atoms. The van der Waals surface area contributed by atoms with Crippen LogP contribution < -0.4 is 16.8 Å². The number of piperidine rings is 4. The average Bonchev–Trinajstić information content (AvgIpc) is 1.91. The molecule has 0 aromatic heterocycles. The lowest BCUT2D eigenvalue weighted by Gasteiger charge is -2.51. The largest absolute Gasteiger partial charge is 0.481 e. The number of nitrogens with zero attached hydrogens (tertiary/aromatic N) is 7. The quantitative estimate of drug-likeness (QED) is 0.125. The number of carbonyl (C=O) groups excluding carboxylic acids is 4. The molecule has 0 aliphatic carbocycles. The van der Waals surface area contributed by atoms with Crippen molar-refractivity contribution >= 4 is 29.5 Å². The summed E-state index contributed by atoms with van der Waals surface area (Å²) in [6, 6.07) is 0.149. The van der Waals surface area contributed by atoms with Gasteiger partial charge in [-0.3, -0.25) is 24.0 Å². The Morgan fingerprint density at radius 1 is 0.449 bits per heavy atom. The number of hydroxylamine groups is 14. The number of Topliss-reactive ketones (excluding diaryl/α,β-unsaturated/α-hetero) is 1. The summed E-state index contributed by atoms with van der Waals surface area (Å²) in [5.74, 6) is -2.22. The first-order chi connectivity index (χ1) is 39.1. The van der Waals surface area contributed by atoms with Gasteiger partial charge in [0.05, 0.1) is 40.1 Å².